The second-order valence-electron chi connectivity index (χ2n) is 6.23. The van der Waals surface area contributed by atoms with Crippen molar-refractivity contribution < 1.29 is 14.3 Å². The molecule has 2 aromatic carbocycles. The monoisotopic (exact) mass is 372 g/mol. The lowest BCUT2D eigenvalue weighted by Crippen LogP contribution is -2.22. The number of benzene rings is 2. The van der Waals surface area contributed by atoms with Gasteiger partial charge >= 0.3 is 5.97 Å². The van der Waals surface area contributed by atoms with Crippen LogP contribution in [0, 0.1) is 0 Å². The highest BCUT2D eigenvalue weighted by atomic mass is 35.5. The van der Waals surface area contributed by atoms with Gasteiger partial charge in [0.2, 0.25) is 5.91 Å². The van der Waals surface area contributed by atoms with Crippen LogP contribution in [0.2, 0.25) is 5.02 Å². The lowest BCUT2D eigenvalue weighted by Gasteiger charge is -2.22. The summed E-state index contributed by atoms with van der Waals surface area (Å²) in [4.78, 5) is 26.6. The molecule has 0 aliphatic carbocycles. The van der Waals surface area contributed by atoms with Crippen molar-refractivity contribution in [1.82, 2.24) is 0 Å². The summed E-state index contributed by atoms with van der Waals surface area (Å²) in [7, 11) is 1.34. The molecule has 1 saturated heterocycles. The molecule has 1 aliphatic heterocycles. The van der Waals surface area contributed by atoms with Gasteiger partial charge in [0, 0.05) is 18.1 Å². The molecule has 5 nitrogen and oxygen atoms in total. The molecule has 0 bridgehead atoms. The van der Waals surface area contributed by atoms with Gasteiger partial charge in [0.05, 0.1) is 30.5 Å². The van der Waals surface area contributed by atoms with Crippen molar-refractivity contribution in [3.63, 3.8) is 0 Å². The first-order chi connectivity index (χ1) is 12.6. The van der Waals surface area contributed by atoms with Gasteiger partial charge in [-0.25, -0.2) is 4.79 Å². The Morgan fingerprint density at radius 3 is 2.58 bits per heavy atom. The van der Waals surface area contributed by atoms with Crippen LogP contribution in [-0.4, -0.2) is 32.1 Å². The van der Waals surface area contributed by atoms with Crippen LogP contribution >= 0.6 is 11.6 Å². The Morgan fingerprint density at radius 1 is 1.15 bits per heavy atom. The number of nitrogens with one attached hydrogen (secondary N) is 1. The van der Waals surface area contributed by atoms with Gasteiger partial charge in [-0.3, -0.25) is 4.79 Å². The highest BCUT2D eigenvalue weighted by molar-refractivity contribution is 6.31. The highest BCUT2D eigenvalue weighted by Crippen LogP contribution is 2.30. The standard InChI is InChI=1S/C20H21ClN2O3/c1-26-20(25)15-8-9-18(23-10-4-5-11-23)17(12-15)22-19(24)13-14-6-2-3-7-16(14)21/h2-3,6-9,12H,4-5,10-11,13H2,1H3,(H,22,24). The summed E-state index contributed by atoms with van der Waals surface area (Å²) in [6.07, 6.45) is 2.40. The molecular weight excluding hydrogens is 352 g/mol. The van der Waals surface area contributed by atoms with Crippen LogP contribution in [0.4, 0.5) is 11.4 Å². The van der Waals surface area contributed by atoms with Crippen LogP contribution in [0.5, 0.6) is 0 Å². The number of halogens is 1. The molecule has 1 N–H and O–H groups in total. The van der Waals surface area contributed by atoms with E-state index in [-0.39, 0.29) is 12.3 Å². The molecule has 2 aromatic rings. The van der Waals surface area contributed by atoms with Crippen LogP contribution in [-0.2, 0) is 16.0 Å². The largest absolute Gasteiger partial charge is 0.465 e. The van der Waals surface area contributed by atoms with Gasteiger partial charge in [0.25, 0.3) is 0 Å². The second kappa shape index (κ2) is 8.23. The fourth-order valence-electron chi connectivity index (χ4n) is 3.12. The van der Waals surface area contributed by atoms with Gasteiger partial charge in [-0.1, -0.05) is 29.8 Å². The number of nitrogens with zero attached hydrogens (tertiary/aromatic N) is 1. The third-order valence-electron chi connectivity index (χ3n) is 4.45. The quantitative estimate of drug-likeness (QED) is 0.808. The van der Waals surface area contributed by atoms with Gasteiger partial charge in [0.1, 0.15) is 0 Å². The Kier molecular flexibility index (Phi) is 5.78. The molecule has 1 amide bonds. The molecule has 0 atom stereocenters. The van der Waals surface area contributed by atoms with E-state index in [9.17, 15) is 9.59 Å². The van der Waals surface area contributed by atoms with E-state index in [1.807, 2.05) is 24.3 Å². The molecule has 1 aliphatic rings. The average Bonchev–Trinajstić information content (AvgIpc) is 3.17. The smallest absolute Gasteiger partial charge is 0.337 e. The summed E-state index contributed by atoms with van der Waals surface area (Å²) in [6, 6.07) is 12.5. The first-order valence-electron chi connectivity index (χ1n) is 8.59. The number of carbonyl (C=O) groups is 2. The normalized spacial score (nSPS) is 13.5. The molecule has 6 heteroatoms. The van der Waals surface area contributed by atoms with E-state index in [0.717, 1.165) is 37.2 Å². The van der Waals surface area contributed by atoms with Crippen molar-refractivity contribution in [2.75, 3.05) is 30.4 Å². The van der Waals surface area contributed by atoms with Crippen molar-refractivity contribution in [3.05, 3.63) is 58.6 Å². The Morgan fingerprint density at radius 2 is 1.88 bits per heavy atom. The van der Waals surface area contributed by atoms with Gasteiger partial charge in [-0.2, -0.15) is 0 Å². The predicted octanol–water partition coefficient (Wildman–Crippen LogP) is 3.91. The number of hydrogen-bond acceptors (Lipinski definition) is 4. The van der Waals surface area contributed by atoms with E-state index >= 15 is 0 Å². The Bertz CT molecular complexity index is 816. The summed E-state index contributed by atoms with van der Waals surface area (Å²) in [5.74, 6) is -0.611. The fraction of sp³-hybridized carbons (Fsp3) is 0.300. The Balaban J connectivity index is 1.84. The lowest BCUT2D eigenvalue weighted by atomic mass is 10.1. The molecular formula is C20H21ClN2O3. The first-order valence-corrected chi connectivity index (χ1v) is 8.97. The maximum absolute atomic E-state index is 12.5. The predicted molar refractivity (Wildman–Crippen MR) is 103 cm³/mol. The molecule has 26 heavy (non-hydrogen) atoms. The number of esters is 1. The SMILES string of the molecule is COC(=O)c1ccc(N2CCCC2)c(NC(=O)Cc2ccccc2Cl)c1. The third-order valence-corrected chi connectivity index (χ3v) is 4.82. The number of carbonyl (C=O) groups excluding carboxylic acids is 2. The summed E-state index contributed by atoms with van der Waals surface area (Å²) >= 11 is 6.14. The minimum absolute atomic E-state index is 0.168. The molecule has 0 unspecified atom stereocenters. The number of methoxy groups -OCH3 is 1. The van der Waals surface area contributed by atoms with Crippen molar-refractivity contribution in [2.24, 2.45) is 0 Å². The topological polar surface area (TPSA) is 58.6 Å². The van der Waals surface area contributed by atoms with E-state index in [2.05, 4.69) is 10.2 Å². The van der Waals surface area contributed by atoms with Gasteiger partial charge in [0.15, 0.2) is 0 Å². The first kappa shape index (κ1) is 18.3. The van der Waals surface area contributed by atoms with E-state index < -0.39 is 5.97 Å². The summed E-state index contributed by atoms with van der Waals surface area (Å²) in [6.45, 7) is 1.87. The molecule has 0 aromatic heterocycles. The summed E-state index contributed by atoms with van der Waals surface area (Å²) in [5, 5.41) is 3.50. The van der Waals surface area contributed by atoms with Gasteiger partial charge in [-0.15, -0.1) is 0 Å². The maximum atomic E-state index is 12.5. The van der Waals surface area contributed by atoms with Crippen LogP contribution in [0.25, 0.3) is 0 Å². The molecule has 0 spiro atoms. The van der Waals surface area contributed by atoms with Crippen LogP contribution in [0.3, 0.4) is 0 Å². The van der Waals surface area contributed by atoms with Crippen molar-refractivity contribution in [1.29, 1.82) is 0 Å². The third kappa shape index (κ3) is 4.17. The number of hydrogen-bond donors (Lipinski definition) is 1. The van der Waals surface area contributed by atoms with Crippen molar-refractivity contribution >= 4 is 34.9 Å². The Hall–Kier alpha value is -2.53. The molecule has 1 heterocycles. The molecule has 3 rings (SSSR count). The minimum atomic E-state index is -0.431. The number of anilines is 2. The zero-order valence-corrected chi connectivity index (χ0v) is 15.4. The fourth-order valence-corrected chi connectivity index (χ4v) is 3.33. The second-order valence-corrected chi connectivity index (χ2v) is 6.64. The van der Waals surface area contributed by atoms with Gasteiger partial charge in [-0.05, 0) is 42.7 Å². The summed E-state index contributed by atoms with van der Waals surface area (Å²) < 4.78 is 4.79. The lowest BCUT2D eigenvalue weighted by molar-refractivity contribution is -0.115. The average molecular weight is 373 g/mol. The van der Waals surface area contributed by atoms with E-state index in [1.54, 1.807) is 18.2 Å². The Labute approximate surface area is 157 Å². The van der Waals surface area contributed by atoms with Crippen LogP contribution in [0.15, 0.2) is 42.5 Å². The molecule has 0 radical (unpaired) electrons. The molecule has 0 saturated carbocycles. The van der Waals surface area contributed by atoms with E-state index in [4.69, 9.17) is 16.3 Å². The van der Waals surface area contributed by atoms with Crippen LogP contribution < -0.4 is 10.2 Å². The molecule has 1 fully saturated rings. The van der Waals surface area contributed by atoms with Crippen LogP contribution in [0.1, 0.15) is 28.8 Å². The zero-order chi connectivity index (χ0) is 18.5. The van der Waals surface area contributed by atoms with Gasteiger partial charge < -0.3 is 15.0 Å². The van der Waals surface area contributed by atoms with E-state index in [0.29, 0.717) is 16.3 Å². The summed E-state index contributed by atoms with van der Waals surface area (Å²) in [5.41, 5.74) is 2.71. The number of ether oxygens (including phenoxy) is 1. The zero-order valence-electron chi connectivity index (χ0n) is 14.6. The highest BCUT2D eigenvalue weighted by Gasteiger charge is 2.19. The van der Waals surface area contributed by atoms with Crippen molar-refractivity contribution in [2.45, 2.75) is 19.3 Å². The van der Waals surface area contributed by atoms with E-state index in [1.165, 1.54) is 7.11 Å². The maximum Gasteiger partial charge on any atom is 0.337 e. The minimum Gasteiger partial charge on any atom is -0.465 e. The van der Waals surface area contributed by atoms with Crippen molar-refractivity contribution in [3.8, 4) is 0 Å². The molecule has 136 valence electrons. The number of rotatable bonds is 5. The number of amides is 1.